The summed E-state index contributed by atoms with van der Waals surface area (Å²) in [6.07, 6.45) is 4.08. The Balaban J connectivity index is 1.49. The molecule has 0 amide bonds. The fraction of sp³-hybridized carbons (Fsp3) is 0.182. The Morgan fingerprint density at radius 2 is 1.89 bits per heavy atom. The van der Waals surface area contributed by atoms with Gasteiger partial charge < -0.3 is 15.4 Å². The first-order valence-corrected chi connectivity index (χ1v) is 9.09. The molecule has 2 aromatic carbocycles. The number of nitrogens with zero attached hydrogens (tertiary/aromatic N) is 2. The molecule has 0 aliphatic rings. The molecule has 144 valence electrons. The van der Waals surface area contributed by atoms with Crippen LogP contribution in [0.15, 0.2) is 78.0 Å². The van der Waals surface area contributed by atoms with Crippen LogP contribution in [0.1, 0.15) is 11.1 Å². The van der Waals surface area contributed by atoms with Gasteiger partial charge in [-0.25, -0.2) is 4.39 Å². The van der Waals surface area contributed by atoms with Crippen molar-refractivity contribution in [3.63, 3.8) is 0 Å². The van der Waals surface area contributed by atoms with Gasteiger partial charge in [-0.2, -0.15) is 0 Å². The highest BCUT2D eigenvalue weighted by Gasteiger charge is 2.07. The summed E-state index contributed by atoms with van der Waals surface area (Å²) < 4.78 is 19.8. The summed E-state index contributed by atoms with van der Waals surface area (Å²) in [7, 11) is 1.71. The van der Waals surface area contributed by atoms with Gasteiger partial charge in [-0.15, -0.1) is 0 Å². The number of pyridine rings is 1. The average Bonchev–Trinajstić information content (AvgIpc) is 2.74. The number of hydrogen-bond donors (Lipinski definition) is 2. The SMILES string of the molecule is CN=C(NCCc1ccccc1)NCc1ccc(Oc2cccnc2)c(F)c1. The summed E-state index contributed by atoms with van der Waals surface area (Å²) in [6.45, 7) is 1.21. The van der Waals surface area contributed by atoms with E-state index in [2.05, 4.69) is 32.7 Å². The summed E-state index contributed by atoms with van der Waals surface area (Å²) in [5, 5.41) is 6.45. The molecule has 3 rings (SSSR count). The van der Waals surface area contributed by atoms with Crippen LogP contribution in [0.2, 0.25) is 0 Å². The molecule has 1 aromatic heterocycles. The molecule has 0 bridgehead atoms. The number of guanidine groups is 1. The molecule has 1 heterocycles. The highest BCUT2D eigenvalue weighted by molar-refractivity contribution is 5.79. The number of ether oxygens (including phenoxy) is 1. The molecule has 0 radical (unpaired) electrons. The predicted octanol–water partition coefficient (Wildman–Crippen LogP) is 3.92. The minimum absolute atomic E-state index is 0.169. The van der Waals surface area contributed by atoms with Crippen molar-refractivity contribution in [2.75, 3.05) is 13.6 Å². The fourth-order valence-corrected chi connectivity index (χ4v) is 2.65. The topological polar surface area (TPSA) is 58.5 Å². The van der Waals surface area contributed by atoms with Crippen molar-refractivity contribution in [3.8, 4) is 11.5 Å². The molecule has 2 N–H and O–H groups in total. The molecule has 0 spiro atoms. The van der Waals surface area contributed by atoms with Gasteiger partial charge in [0.25, 0.3) is 0 Å². The Labute approximate surface area is 164 Å². The highest BCUT2D eigenvalue weighted by atomic mass is 19.1. The predicted molar refractivity (Wildman–Crippen MR) is 109 cm³/mol. The molecule has 0 aliphatic heterocycles. The lowest BCUT2D eigenvalue weighted by molar-refractivity contribution is 0.440. The Hall–Kier alpha value is -3.41. The molecule has 0 saturated heterocycles. The molecule has 0 aliphatic carbocycles. The van der Waals surface area contributed by atoms with Crippen LogP contribution in [0, 0.1) is 5.82 Å². The van der Waals surface area contributed by atoms with Crippen LogP contribution in [0.5, 0.6) is 11.5 Å². The van der Waals surface area contributed by atoms with Crippen molar-refractivity contribution in [2.24, 2.45) is 4.99 Å². The average molecular weight is 378 g/mol. The van der Waals surface area contributed by atoms with Crippen LogP contribution in [0.25, 0.3) is 0 Å². The third kappa shape index (κ3) is 5.81. The smallest absolute Gasteiger partial charge is 0.191 e. The van der Waals surface area contributed by atoms with E-state index < -0.39 is 5.82 Å². The lowest BCUT2D eigenvalue weighted by atomic mass is 10.1. The maximum Gasteiger partial charge on any atom is 0.191 e. The molecule has 0 fully saturated rings. The quantitative estimate of drug-likeness (QED) is 0.483. The second kappa shape index (κ2) is 10.1. The first kappa shape index (κ1) is 19.4. The third-order valence-electron chi connectivity index (χ3n) is 4.09. The number of halogens is 1. The normalized spacial score (nSPS) is 11.1. The minimum Gasteiger partial charge on any atom is -0.453 e. The number of aliphatic imine (C=N–C) groups is 1. The van der Waals surface area contributed by atoms with Crippen molar-refractivity contribution in [2.45, 2.75) is 13.0 Å². The van der Waals surface area contributed by atoms with Crippen LogP contribution in [0.4, 0.5) is 4.39 Å². The minimum atomic E-state index is -0.421. The van der Waals surface area contributed by atoms with E-state index in [4.69, 9.17) is 4.74 Å². The standard InChI is InChI=1S/C22H23FN4O/c1-24-22(26-13-11-17-6-3-2-4-7-17)27-15-18-9-10-21(20(23)14-18)28-19-8-5-12-25-16-19/h2-10,12,14,16H,11,13,15H2,1H3,(H2,24,26,27). The number of benzene rings is 2. The maximum atomic E-state index is 14.3. The van der Waals surface area contributed by atoms with Gasteiger partial charge in [-0.1, -0.05) is 36.4 Å². The molecular formula is C22H23FN4O. The zero-order chi connectivity index (χ0) is 19.6. The van der Waals surface area contributed by atoms with E-state index in [0.29, 0.717) is 18.3 Å². The molecule has 3 aromatic rings. The highest BCUT2D eigenvalue weighted by Crippen LogP contribution is 2.24. The number of nitrogens with one attached hydrogen (secondary N) is 2. The van der Waals surface area contributed by atoms with Crippen LogP contribution in [-0.2, 0) is 13.0 Å². The van der Waals surface area contributed by atoms with Crippen LogP contribution >= 0.6 is 0 Å². The van der Waals surface area contributed by atoms with Gasteiger partial charge in [0.2, 0.25) is 0 Å². The number of hydrogen-bond acceptors (Lipinski definition) is 3. The summed E-state index contributed by atoms with van der Waals surface area (Å²) in [5.41, 5.74) is 2.05. The van der Waals surface area contributed by atoms with Crippen molar-refractivity contribution in [1.29, 1.82) is 0 Å². The fourth-order valence-electron chi connectivity index (χ4n) is 2.65. The van der Waals surface area contributed by atoms with Gasteiger partial charge in [0.1, 0.15) is 5.75 Å². The summed E-state index contributed by atoms with van der Waals surface area (Å²) in [6, 6.07) is 18.6. The van der Waals surface area contributed by atoms with E-state index in [9.17, 15) is 4.39 Å². The Bertz CT molecular complexity index is 901. The van der Waals surface area contributed by atoms with Gasteiger partial charge in [-0.3, -0.25) is 9.98 Å². The molecule has 6 heteroatoms. The molecule has 0 atom stereocenters. The van der Waals surface area contributed by atoms with Gasteiger partial charge >= 0.3 is 0 Å². The summed E-state index contributed by atoms with van der Waals surface area (Å²) >= 11 is 0. The van der Waals surface area contributed by atoms with E-state index in [1.165, 1.54) is 11.6 Å². The zero-order valence-electron chi connectivity index (χ0n) is 15.7. The van der Waals surface area contributed by atoms with Gasteiger partial charge in [-0.05, 0) is 41.8 Å². The second-order valence-electron chi connectivity index (χ2n) is 6.14. The van der Waals surface area contributed by atoms with Gasteiger partial charge in [0.05, 0.1) is 6.20 Å². The van der Waals surface area contributed by atoms with Crippen LogP contribution in [0.3, 0.4) is 0 Å². The lowest BCUT2D eigenvalue weighted by Crippen LogP contribution is -2.37. The van der Waals surface area contributed by atoms with Crippen molar-refractivity contribution >= 4 is 5.96 Å². The second-order valence-corrected chi connectivity index (χ2v) is 6.14. The van der Waals surface area contributed by atoms with E-state index >= 15 is 0 Å². The largest absolute Gasteiger partial charge is 0.453 e. The van der Waals surface area contributed by atoms with Crippen LogP contribution < -0.4 is 15.4 Å². The van der Waals surface area contributed by atoms with E-state index in [0.717, 1.165) is 18.5 Å². The summed E-state index contributed by atoms with van der Waals surface area (Å²) in [5.74, 6) is 0.916. The van der Waals surface area contributed by atoms with E-state index in [-0.39, 0.29) is 5.75 Å². The number of aromatic nitrogens is 1. The molecule has 0 unspecified atom stereocenters. The monoisotopic (exact) mass is 378 g/mol. The Morgan fingerprint density at radius 1 is 1.04 bits per heavy atom. The van der Waals surface area contributed by atoms with Crippen LogP contribution in [-0.4, -0.2) is 24.5 Å². The molecule has 0 saturated carbocycles. The first-order valence-electron chi connectivity index (χ1n) is 9.09. The van der Waals surface area contributed by atoms with Gasteiger partial charge in [0, 0.05) is 26.3 Å². The Morgan fingerprint density at radius 3 is 2.61 bits per heavy atom. The number of rotatable bonds is 7. The molecular weight excluding hydrogens is 355 g/mol. The molecule has 5 nitrogen and oxygen atoms in total. The Kier molecular flexibility index (Phi) is 6.95. The third-order valence-corrected chi connectivity index (χ3v) is 4.09. The zero-order valence-corrected chi connectivity index (χ0v) is 15.7. The van der Waals surface area contributed by atoms with Crippen molar-refractivity contribution < 1.29 is 9.13 Å². The van der Waals surface area contributed by atoms with Crippen molar-refractivity contribution in [1.82, 2.24) is 15.6 Å². The van der Waals surface area contributed by atoms with E-state index in [1.807, 2.05) is 24.3 Å². The maximum absolute atomic E-state index is 14.3. The first-order chi connectivity index (χ1) is 13.7. The van der Waals surface area contributed by atoms with E-state index in [1.54, 1.807) is 37.6 Å². The summed E-state index contributed by atoms with van der Waals surface area (Å²) in [4.78, 5) is 8.15. The van der Waals surface area contributed by atoms with Crippen molar-refractivity contribution in [3.05, 3.63) is 90.0 Å². The van der Waals surface area contributed by atoms with Gasteiger partial charge in [0.15, 0.2) is 17.5 Å². The lowest BCUT2D eigenvalue weighted by Gasteiger charge is -2.13. The molecule has 28 heavy (non-hydrogen) atoms.